The predicted octanol–water partition coefficient (Wildman–Crippen LogP) is -0.530. The van der Waals surface area contributed by atoms with Crippen LogP contribution in [0.2, 0.25) is 0 Å². The van der Waals surface area contributed by atoms with Gasteiger partial charge in [-0.2, -0.15) is 4.31 Å². The standard InChI is InChI=1S/C14H22N4O4S/c1-11-9-15-2-3-18(11)14(19)13-8-12(10-16-13)23(20,21)17-4-6-22-7-5-17/h8,10-11,15-16H,2-7,9H2,1H3/t11-/m0/s1. The van der Waals surface area contributed by atoms with Crippen LogP contribution < -0.4 is 5.32 Å². The summed E-state index contributed by atoms with van der Waals surface area (Å²) in [6, 6.07) is 1.51. The first-order chi connectivity index (χ1) is 11.0. The van der Waals surface area contributed by atoms with Gasteiger partial charge in [0.05, 0.1) is 13.2 Å². The summed E-state index contributed by atoms with van der Waals surface area (Å²) in [5.74, 6) is -0.164. The minimum atomic E-state index is -3.58. The lowest BCUT2D eigenvalue weighted by molar-refractivity contribution is 0.0650. The number of aromatic amines is 1. The second kappa shape index (κ2) is 6.60. The molecule has 8 nitrogen and oxygen atoms in total. The fourth-order valence-corrected chi connectivity index (χ4v) is 4.28. The smallest absolute Gasteiger partial charge is 0.270 e. The molecule has 9 heteroatoms. The first kappa shape index (κ1) is 16.4. The molecule has 3 rings (SSSR count). The van der Waals surface area contributed by atoms with Gasteiger partial charge in [-0.15, -0.1) is 0 Å². The molecule has 3 heterocycles. The van der Waals surface area contributed by atoms with Gasteiger partial charge < -0.3 is 19.9 Å². The molecule has 2 N–H and O–H groups in total. The largest absolute Gasteiger partial charge is 0.379 e. The SMILES string of the molecule is C[C@H]1CNCCN1C(=O)c1cc(S(=O)(=O)N2CCOCC2)c[nH]1. The maximum absolute atomic E-state index is 12.6. The quantitative estimate of drug-likeness (QED) is 0.770. The lowest BCUT2D eigenvalue weighted by Crippen LogP contribution is -2.52. The third-order valence-corrected chi connectivity index (χ3v) is 6.13. The van der Waals surface area contributed by atoms with Gasteiger partial charge in [-0.05, 0) is 13.0 Å². The molecule has 0 aromatic carbocycles. The van der Waals surface area contributed by atoms with E-state index in [-0.39, 0.29) is 16.8 Å². The number of rotatable bonds is 3. The Morgan fingerprint density at radius 3 is 2.74 bits per heavy atom. The number of amides is 1. The summed E-state index contributed by atoms with van der Waals surface area (Å²) >= 11 is 0. The van der Waals surface area contributed by atoms with E-state index >= 15 is 0 Å². The van der Waals surface area contributed by atoms with Crippen molar-refractivity contribution >= 4 is 15.9 Å². The number of hydrogen-bond acceptors (Lipinski definition) is 5. The molecule has 2 aliphatic rings. The monoisotopic (exact) mass is 342 g/mol. The van der Waals surface area contributed by atoms with Gasteiger partial charge in [-0.1, -0.05) is 0 Å². The molecule has 23 heavy (non-hydrogen) atoms. The highest BCUT2D eigenvalue weighted by atomic mass is 32.2. The van der Waals surface area contributed by atoms with E-state index in [1.807, 2.05) is 6.92 Å². The number of aromatic nitrogens is 1. The molecule has 0 bridgehead atoms. The average Bonchev–Trinajstić information content (AvgIpc) is 3.06. The first-order valence-corrected chi connectivity index (χ1v) is 9.22. The molecule has 2 aliphatic heterocycles. The van der Waals surface area contributed by atoms with Gasteiger partial charge in [-0.25, -0.2) is 8.42 Å². The van der Waals surface area contributed by atoms with Crippen LogP contribution in [0.25, 0.3) is 0 Å². The number of sulfonamides is 1. The molecule has 1 aromatic rings. The molecule has 2 fully saturated rings. The number of nitrogens with zero attached hydrogens (tertiary/aromatic N) is 2. The van der Waals surface area contributed by atoms with Crippen LogP contribution in [-0.4, -0.2) is 80.5 Å². The van der Waals surface area contributed by atoms with Gasteiger partial charge >= 0.3 is 0 Å². The van der Waals surface area contributed by atoms with Crippen molar-refractivity contribution in [2.24, 2.45) is 0 Å². The van der Waals surface area contributed by atoms with Gasteiger partial charge in [0.1, 0.15) is 10.6 Å². The Balaban J connectivity index is 1.78. The zero-order valence-electron chi connectivity index (χ0n) is 13.1. The van der Waals surface area contributed by atoms with Crippen molar-refractivity contribution in [3.63, 3.8) is 0 Å². The number of morpholine rings is 1. The zero-order valence-corrected chi connectivity index (χ0v) is 13.9. The minimum Gasteiger partial charge on any atom is -0.379 e. The third-order valence-electron chi connectivity index (χ3n) is 4.26. The number of carbonyl (C=O) groups is 1. The van der Waals surface area contributed by atoms with Gasteiger partial charge in [0.15, 0.2) is 0 Å². The number of carbonyl (C=O) groups excluding carboxylic acids is 1. The number of piperazine rings is 1. The van der Waals surface area contributed by atoms with Crippen molar-refractivity contribution in [3.8, 4) is 0 Å². The molecule has 0 spiro atoms. The lowest BCUT2D eigenvalue weighted by atomic mass is 10.2. The van der Waals surface area contributed by atoms with E-state index in [2.05, 4.69) is 10.3 Å². The Labute approximate surface area is 135 Å². The first-order valence-electron chi connectivity index (χ1n) is 7.78. The highest BCUT2D eigenvalue weighted by Gasteiger charge is 2.30. The van der Waals surface area contributed by atoms with E-state index in [1.54, 1.807) is 4.90 Å². The second-order valence-corrected chi connectivity index (χ2v) is 7.76. The molecule has 0 aliphatic carbocycles. The van der Waals surface area contributed by atoms with Crippen LogP contribution in [0.1, 0.15) is 17.4 Å². The van der Waals surface area contributed by atoms with E-state index in [0.717, 1.165) is 13.1 Å². The van der Waals surface area contributed by atoms with Crippen molar-refractivity contribution in [1.82, 2.24) is 19.5 Å². The van der Waals surface area contributed by atoms with Crippen molar-refractivity contribution in [2.45, 2.75) is 17.9 Å². The molecule has 0 radical (unpaired) electrons. The Morgan fingerprint density at radius 1 is 1.30 bits per heavy atom. The average molecular weight is 342 g/mol. The molecule has 128 valence electrons. The van der Waals surface area contributed by atoms with E-state index in [1.165, 1.54) is 16.6 Å². The van der Waals surface area contributed by atoms with Gasteiger partial charge in [0, 0.05) is 45.0 Å². The third kappa shape index (κ3) is 3.27. The van der Waals surface area contributed by atoms with Crippen LogP contribution in [0.3, 0.4) is 0 Å². The van der Waals surface area contributed by atoms with Crippen LogP contribution in [0.4, 0.5) is 0 Å². The number of ether oxygens (including phenoxy) is 1. The summed E-state index contributed by atoms with van der Waals surface area (Å²) in [7, 11) is -3.58. The number of nitrogens with one attached hydrogen (secondary N) is 2. The summed E-state index contributed by atoms with van der Waals surface area (Å²) < 4.78 is 31.7. The lowest BCUT2D eigenvalue weighted by Gasteiger charge is -2.33. The van der Waals surface area contributed by atoms with E-state index in [9.17, 15) is 13.2 Å². The summed E-state index contributed by atoms with van der Waals surface area (Å²) in [6.45, 7) is 5.54. The Hall–Kier alpha value is -1.42. The maximum atomic E-state index is 12.6. The van der Waals surface area contributed by atoms with Crippen LogP contribution in [0.15, 0.2) is 17.2 Å². The van der Waals surface area contributed by atoms with Crippen molar-refractivity contribution < 1.29 is 17.9 Å². The molecule has 0 unspecified atom stereocenters. The Kier molecular flexibility index (Phi) is 4.72. The molecular formula is C14H22N4O4S. The number of hydrogen-bond donors (Lipinski definition) is 2. The molecule has 1 aromatic heterocycles. The van der Waals surface area contributed by atoms with Gasteiger partial charge in [-0.3, -0.25) is 4.79 Å². The fourth-order valence-electron chi connectivity index (χ4n) is 2.88. The van der Waals surface area contributed by atoms with Gasteiger partial charge in [0.2, 0.25) is 10.0 Å². The molecule has 1 amide bonds. The fraction of sp³-hybridized carbons (Fsp3) is 0.643. The highest BCUT2D eigenvalue weighted by Crippen LogP contribution is 2.19. The van der Waals surface area contributed by atoms with E-state index < -0.39 is 10.0 Å². The second-order valence-electron chi connectivity index (χ2n) is 5.82. The Morgan fingerprint density at radius 2 is 2.04 bits per heavy atom. The van der Waals surface area contributed by atoms with E-state index in [0.29, 0.717) is 38.5 Å². The summed E-state index contributed by atoms with van der Waals surface area (Å²) in [4.78, 5) is 17.3. The molecular weight excluding hydrogens is 320 g/mol. The van der Waals surface area contributed by atoms with Crippen molar-refractivity contribution in [1.29, 1.82) is 0 Å². The molecule has 2 saturated heterocycles. The maximum Gasteiger partial charge on any atom is 0.270 e. The van der Waals surface area contributed by atoms with Crippen LogP contribution >= 0.6 is 0 Å². The van der Waals surface area contributed by atoms with Crippen LogP contribution in [0, 0.1) is 0 Å². The molecule has 1 atom stereocenters. The molecule has 0 saturated carbocycles. The minimum absolute atomic E-state index is 0.0823. The Bertz CT molecular complexity index is 666. The van der Waals surface area contributed by atoms with Gasteiger partial charge in [0.25, 0.3) is 5.91 Å². The van der Waals surface area contributed by atoms with Crippen molar-refractivity contribution in [2.75, 3.05) is 45.9 Å². The highest BCUT2D eigenvalue weighted by molar-refractivity contribution is 7.89. The summed E-state index contributed by atoms with van der Waals surface area (Å²) in [6.07, 6.45) is 1.39. The predicted molar refractivity (Wildman–Crippen MR) is 83.7 cm³/mol. The van der Waals surface area contributed by atoms with Crippen LogP contribution in [0.5, 0.6) is 0 Å². The van der Waals surface area contributed by atoms with E-state index in [4.69, 9.17) is 4.74 Å². The number of H-pyrrole nitrogens is 1. The summed E-state index contributed by atoms with van der Waals surface area (Å²) in [5.41, 5.74) is 0.311. The zero-order chi connectivity index (χ0) is 16.4. The summed E-state index contributed by atoms with van der Waals surface area (Å²) in [5, 5.41) is 3.22. The van der Waals surface area contributed by atoms with Crippen molar-refractivity contribution in [3.05, 3.63) is 18.0 Å². The van der Waals surface area contributed by atoms with Crippen LogP contribution in [-0.2, 0) is 14.8 Å². The normalized spacial score (nSPS) is 23.9. The topological polar surface area (TPSA) is 94.7 Å².